The van der Waals surface area contributed by atoms with Crippen molar-refractivity contribution in [1.29, 1.82) is 0 Å². The Bertz CT molecular complexity index is 1190. The molecule has 4 N–H and O–H groups in total. The van der Waals surface area contributed by atoms with Gasteiger partial charge in [-0.15, -0.1) is 0 Å². The van der Waals surface area contributed by atoms with E-state index in [0.29, 0.717) is 11.4 Å². The number of hydrogen-bond acceptors (Lipinski definition) is 5. The Hall–Kier alpha value is -3.23. The molecule has 1 aromatic heterocycles. The van der Waals surface area contributed by atoms with Gasteiger partial charge in [-0.25, -0.2) is 5.43 Å². The summed E-state index contributed by atoms with van der Waals surface area (Å²) in [6.45, 7) is -0.158. The first-order valence-electron chi connectivity index (χ1n) is 11.1. The van der Waals surface area contributed by atoms with Crippen LogP contribution in [-0.2, 0) is 18.4 Å². The van der Waals surface area contributed by atoms with Crippen molar-refractivity contribution < 1.29 is 14.7 Å². The van der Waals surface area contributed by atoms with Crippen LogP contribution in [0.5, 0.6) is 0 Å². The minimum absolute atomic E-state index is 0.00152. The van der Waals surface area contributed by atoms with E-state index in [-0.39, 0.29) is 36.3 Å². The summed E-state index contributed by atoms with van der Waals surface area (Å²) in [4.78, 5) is 25.2. The highest BCUT2D eigenvalue weighted by Gasteiger charge is 2.41. The summed E-state index contributed by atoms with van der Waals surface area (Å²) >= 11 is 0. The molecular weight excluding hydrogens is 406 g/mol. The standard InChI is InChI=1S/C24H27N5O3/c1-29-20-9-5-4-8-19(20)22(28-29)24(32)25-15-10-11-16(14(12-15)13-30)21-17-6-2-3-7-18(17)23(31)27-26-21/h4-5,8-12,17-18,21,26,30H,2-3,6-7,13H2,1H3,(H,25,32)(H,27,31). The van der Waals surface area contributed by atoms with Gasteiger partial charge >= 0.3 is 0 Å². The van der Waals surface area contributed by atoms with Gasteiger partial charge in [-0.05, 0) is 48.1 Å². The van der Waals surface area contributed by atoms with Gasteiger partial charge in [0.1, 0.15) is 0 Å². The molecular formula is C24H27N5O3. The third-order valence-corrected chi connectivity index (χ3v) is 6.81. The maximum Gasteiger partial charge on any atom is 0.276 e. The molecule has 8 heteroatoms. The summed E-state index contributed by atoms with van der Waals surface area (Å²) in [5.74, 6) is -0.0432. The van der Waals surface area contributed by atoms with Crippen LogP contribution in [0.1, 0.15) is 53.3 Å². The highest BCUT2D eigenvalue weighted by atomic mass is 16.3. The van der Waals surface area contributed by atoms with Gasteiger partial charge < -0.3 is 10.4 Å². The molecule has 2 fully saturated rings. The van der Waals surface area contributed by atoms with Crippen LogP contribution in [0.4, 0.5) is 5.69 Å². The van der Waals surface area contributed by atoms with Gasteiger partial charge in [0.15, 0.2) is 5.69 Å². The third-order valence-electron chi connectivity index (χ3n) is 6.81. The van der Waals surface area contributed by atoms with Gasteiger partial charge in [0.2, 0.25) is 5.91 Å². The van der Waals surface area contributed by atoms with Crippen LogP contribution < -0.4 is 16.2 Å². The number of rotatable bonds is 4. The zero-order valence-corrected chi connectivity index (χ0v) is 18.0. The first kappa shape index (κ1) is 20.7. The Labute approximate surface area is 186 Å². The van der Waals surface area contributed by atoms with Gasteiger partial charge in [0, 0.05) is 24.0 Å². The van der Waals surface area contributed by atoms with E-state index in [9.17, 15) is 14.7 Å². The van der Waals surface area contributed by atoms with Gasteiger partial charge in [-0.1, -0.05) is 37.1 Å². The second-order valence-electron chi connectivity index (χ2n) is 8.68. The van der Waals surface area contributed by atoms with E-state index in [2.05, 4.69) is 21.3 Å². The molecule has 5 rings (SSSR count). The fourth-order valence-electron chi connectivity index (χ4n) is 5.24. The van der Waals surface area contributed by atoms with Crippen molar-refractivity contribution >= 4 is 28.4 Å². The van der Waals surface area contributed by atoms with Crippen molar-refractivity contribution in [2.24, 2.45) is 18.9 Å². The summed E-state index contributed by atoms with van der Waals surface area (Å²) < 4.78 is 1.69. The fraction of sp³-hybridized carbons (Fsp3) is 0.375. The number of carbonyl (C=O) groups is 2. The zero-order chi connectivity index (χ0) is 22.2. The normalized spacial score (nSPS) is 22.9. The summed E-state index contributed by atoms with van der Waals surface area (Å²) in [5, 5.41) is 18.2. The van der Waals surface area contributed by atoms with Gasteiger partial charge in [0.25, 0.3) is 5.91 Å². The maximum absolute atomic E-state index is 12.9. The Balaban J connectivity index is 1.41. The quantitative estimate of drug-likeness (QED) is 0.506. The second-order valence-corrected chi connectivity index (χ2v) is 8.68. The van der Waals surface area contributed by atoms with Crippen molar-refractivity contribution in [1.82, 2.24) is 20.6 Å². The predicted octanol–water partition coefficient (Wildman–Crippen LogP) is 2.80. The number of anilines is 1. The van der Waals surface area contributed by atoms with Crippen molar-refractivity contribution in [3.63, 3.8) is 0 Å². The monoisotopic (exact) mass is 433 g/mol. The largest absolute Gasteiger partial charge is 0.392 e. The Morgan fingerprint density at radius 2 is 2.03 bits per heavy atom. The molecule has 0 spiro atoms. The molecule has 3 unspecified atom stereocenters. The molecule has 166 valence electrons. The number of carbonyl (C=O) groups excluding carboxylic acids is 2. The van der Waals surface area contributed by atoms with Crippen molar-refractivity contribution in [3.05, 3.63) is 59.3 Å². The number of benzene rings is 2. The van der Waals surface area contributed by atoms with Crippen LogP contribution in [0.15, 0.2) is 42.5 Å². The molecule has 2 aromatic carbocycles. The molecule has 1 aliphatic heterocycles. The van der Waals surface area contributed by atoms with Crippen molar-refractivity contribution in [2.45, 2.75) is 38.3 Å². The number of aromatic nitrogens is 2. The molecule has 32 heavy (non-hydrogen) atoms. The Kier molecular flexibility index (Phi) is 5.40. The predicted molar refractivity (Wildman–Crippen MR) is 120 cm³/mol. The second kappa shape index (κ2) is 8.37. The number of amides is 2. The number of aliphatic hydroxyl groups is 1. The van der Waals surface area contributed by atoms with E-state index in [1.165, 1.54) is 0 Å². The summed E-state index contributed by atoms with van der Waals surface area (Å²) in [5.41, 5.74) is 9.49. The minimum Gasteiger partial charge on any atom is -0.392 e. The first-order chi connectivity index (χ1) is 15.6. The van der Waals surface area contributed by atoms with Crippen molar-refractivity contribution in [3.8, 4) is 0 Å². The zero-order valence-electron chi connectivity index (χ0n) is 18.0. The lowest BCUT2D eigenvalue weighted by Gasteiger charge is -2.41. The maximum atomic E-state index is 12.9. The first-order valence-corrected chi connectivity index (χ1v) is 11.1. The number of hydrogen-bond donors (Lipinski definition) is 4. The van der Waals surface area contributed by atoms with E-state index in [1.54, 1.807) is 10.7 Å². The number of aryl methyl sites for hydroxylation is 1. The average molecular weight is 434 g/mol. The van der Waals surface area contributed by atoms with E-state index in [0.717, 1.165) is 47.7 Å². The smallest absolute Gasteiger partial charge is 0.276 e. The summed E-state index contributed by atoms with van der Waals surface area (Å²) in [6.07, 6.45) is 4.05. The van der Waals surface area contributed by atoms with Gasteiger partial charge in [0.05, 0.1) is 18.2 Å². The summed E-state index contributed by atoms with van der Waals surface area (Å²) in [7, 11) is 1.81. The van der Waals surface area contributed by atoms with Crippen LogP contribution in [0, 0.1) is 11.8 Å². The lowest BCUT2D eigenvalue weighted by Crippen LogP contribution is -2.55. The van der Waals surface area contributed by atoms with Gasteiger partial charge in [-0.2, -0.15) is 5.10 Å². The molecule has 3 atom stereocenters. The number of aliphatic hydroxyl groups excluding tert-OH is 1. The number of nitrogens with zero attached hydrogens (tertiary/aromatic N) is 2. The van der Waals surface area contributed by atoms with E-state index >= 15 is 0 Å². The lowest BCUT2D eigenvalue weighted by molar-refractivity contribution is -0.133. The Morgan fingerprint density at radius 1 is 1.22 bits per heavy atom. The van der Waals surface area contributed by atoms with Gasteiger partial charge in [-0.3, -0.25) is 19.7 Å². The van der Waals surface area contributed by atoms with Crippen LogP contribution in [0.2, 0.25) is 0 Å². The van der Waals surface area contributed by atoms with E-state index in [4.69, 9.17) is 0 Å². The molecule has 0 bridgehead atoms. The number of nitrogens with one attached hydrogen (secondary N) is 3. The molecule has 1 saturated carbocycles. The number of hydrazine groups is 1. The third kappa shape index (κ3) is 3.55. The molecule has 3 aromatic rings. The van der Waals surface area contributed by atoms with E-state index in [1.807, 2.05) is 43.4 Å². The molecule has 0 radical (unpaired) electrons. The number of para-hydroxylation sites is 1. The van der Waals surface area contributed by atoms with Crippen LogP contribution in [-0.4, -0.2) is 26.7 Å². The van der Waals surface area contributed by atoms with Crippen LogP contribution in [0.25, 0.3) is 10.9 Å². The highest BCUT2D eigenvalue weighted by molar-refractivity contribution is 6.11. The summed E-state index contributed by atoms with van der Waals surface area (Å²) in [6, 6.07) is 13.1. The molecule has 2 aliphatic rings. The lowest BCUT2D eigenvalue weighted by atomic mass is 9.71. The SMILES string of the molecule is Cn1nc(C(=O)Nc2ccc(C3NNC(=O)C4CCCCC43)c(CO)c2)c2ccccc21. The topological polar surface area (TPSA) is 108 Å². The number of fused-ring (bicyclic) bond motifs is 2. The molecule has 8 nitrogen and oxygen atoms in total. The average Bonchev–Trinajstić information content (AvgIpc) is 3.16. The van der Waals surface area contributed by atoms with Crippen LogP contribution >= 0.6 is 0 Å². The Morgan fingerprint density at radius 3 is 2.88 bits per heavy atom. The molecule has 1 aliphatic carbocycles. The minimum atomic E-state index is -0.297. The highest BCUT2D eigenvalue weighted by Crippen LogP contribution is 2.41. The van der Waals surface area contributed by atoms with Crippen molar-refractivity contribution in [2.75, 3.05) is 5.32 Å². The molecule has 2 heterocycles. The molecule has 2 amide bonds. The van der Waals surface area contributed by atoms with E-state index < -0.39 is 0 Å². The fourth-order valence-corrected chi connectivity index (χ4v) is 5.24. The van der Waals surface area contributed by atoms with Crippen LogP contribution in [0.3, 0.4) is 0 Å². The molecule has 1 saturated heterocycles.